The van der Waals surface area contributed by atoms with Crippen LogP contribution in [0.2, 0.25) is 0 Å². The second-order valence-corrected chi connectivity index (χ2v) is 9.55. The average Bonchev–Trinajstić information content (AvgIpc) is 2.92. The maximum atomic E-state index is 13.2. The summed E-state index contributed by atoms with van der Waals surface area (Å²) in [6, 6.07) is 16.2. The minimum Gasteiger partial charge on any atom is -0.377 e. The van der Waals surface area contributed by atoms with Gasteiger partial charge in [0.25, 0.3) is 5.91 Å². The standard InChI is InChI=1S/C28H32N4O4/c1-20-18-31(19-24-8-2-3-17-35-24)15-16-32(20)27(33)22-10-12-23(13-11-22)30-36-28(34)25-9-4-6-21-7-5-14-29-26(21)25/h4-7,9-14,20,24,30H,2-3,8,15-19H2,1H3. The Hall–Kier alpha value is -3.49. The van der Waals surface area contributed by atoms with Crippen LogP contribution in [0.1, 0.15) is 46.9 Å². The Morgan fingerprint density at radius 3 is 2.69 bits per heavy atom. The normalized spacial score (nSPS) is 20.8. The van der Waals surface area contributed by atoms with Crippen molar-refractivity contribution in [3.05, 3.63) is 71.9 Å². The molecule has 2 unspecified atom stereocenters. The van der Waals surface area contributed by atoms with Crippen molar-refractivity contribution in [1.82, 2.24) is 14.8 Å². The summed E-state index contributed by atoms with van der Waals surface area (Å²) in [5.74, 6) is -0.508. The van der Waals surface area contributed by atoms with Gasteiger partial charge in [0.15, 0.2) is 0 Å². The van der Waals surface area contributed by atoms with E-state index in [1.807, 2.05) is 23.1 Å². The van der Waals surface area contributed by atoms with Crippen LogP contribution < -0.4 is 5.48 Å². The summed E-state index contributed by atoms with van der Waals surface area (Å²) in [5, 5.41) is 0.868. The molecule has 5 rings (SSSR count). The summed E-state index contributed by atoms with van der Waals surface area (Å²) in [6.45, 7) is 6.31. The van der Waals surface area contributed by atoms with Gasteiger partial charge in [0.1, 0.15) is 0 Å². The third-order valence-electron chi connectivity index (χ3n) is 6.95. The molecule has 2 fully saturated rings. The number of anilines is 1. The number of carbonyl (C=O) groups is 2. The predicted molar refractivity (Wildman–Crippen MR) is 138 cm³/mol. The second-order valence-electron chi connectivity index (χ2n) is 9.55. The number of ether oxygens (including phenoxy) is 1. The molecular weight excluding hydrogens is 456 g/mol. The van der Waals surface area contributed by atoms with Crippen LogP contribution in [-0.4, -0.2) is 71.6 Å². The van der Waals surface area contributed by atoms with Crippen LogP contribution in [0.25, 0.3) is 10.9 Å². The van der Waals surface area contributed by atoms with E-state index in [4.69, 9.17) is 9.57 Å². The lowest BCUT2D eigenvalue weighted by Crippen LogP contribution is -2.55. The number of benzene rings is 2. The second kappa shape index (κ2) is 11.1. The number of nitrogens with zero attached hydrogens (tertiary/aromatic N) is 3. The Kier molecular flexibility index (Phi) is 7.44. The quantitative estimate of drug-likeness (QED) is 0.522. The third-order valence-corrected chi connectivity index (χ3v) is 6.95. The van der Waals surface area contributed by atoms with Gasteiger partial charge >= 0.3 is 5.97 Å². The first-order valence-corrected chi connectivity index (χ1v) is 12.6. The van der Waals surface area contributed by atoms with E-state index in [0.717, 1.165) is 44.5 Å². The zero-order chi connectivity index (χ0) is 24.9. The van der Waals surface area contributed by atoms with E-state index < -0.39 is 5.97 Å². The molecule has 3 heterocycles. The van der Waals surface area contributed by atoms with Crippen LogP contribution in [-0.2, 0) is 9.57 Å². The van der Waals surface area contributed by atoms with Crippen molar-refractivity contribution < 1.29 is 19.2 Å². The smallest absolute Gasteiger partial charge is 0.365 e. The molecule has 1 amide bonds. The van der Waals surface area contributed by atoms with Crippen LogP contribution in [0.5, 0.6) is 0 Å². The van der Waals surface area contributed by atoms with E-state index in [1.165, 1.54) is 6.42 Å². The Labute approximate surface area is 211 Å². The number of rotatable bonds is 6. The highest BCUT2D eigenvalue weighted by molar-refractivity contribution is 6.02. The third kappa shape index (κ3) is 5.50. The fraction of sp³-hybridized carbons (Fsp3) is 0.393. The van der Waals surface area contributed by atoms with Gasteiger partial charge in [0, 0.05) is 56.0 Å². The molecule has 188 valence electrons. The molecule has 2 aliphatic rings. The maximum absolute atomic E-state index is 13.2. The number of nitrogens with one attached hydrogen (secondary N) is 1. The van der Waals surface area contributed by atoms with Crippen molar-refractivity contribution in [3.63, 3.8) is 0 Å². The van der Waals surface area contributed by atoms with Crippen molar-refractivity contribution in [3.8, 4) is 0 Å². The SMILES string of the molecule is CC1CN(CC2CCCCO2)CCN1C(=O)c1ccc(NOC(=O)c2cccc3cccnc23)cc1. The molecule has 36 heavy (non-hydrogen) atoms. The molecule has 3 aromatic rings. The number of hydrogen-bond acceptors (Lipinski definition) is 7. The lowest BCUT2D eigenvalue weighted by Gasteiger charge is -2.41. The molecule has 2 aliphatic heterocycles. The van der Waals surface area contributed by atoms with E-state index in [2.05, 4.69) is 22.3 Å². The summed E-state index contributed by atoms with van der Waals surface area (Å²) in [6.07, 6.45) is 5.49. The van der Waals surface area contributed by atoms with E-state index in [1.54, 1.807) is 42.6 Å². The highest BCUT2D eigenvalue weighted by atomic mass is 16.7. The number of hydrogen-bond donors (Lipinski definition) is 1. The van der Waals surface area contributed by atoms with Gasteiger partial charge in [0.2, 0.25) is 0 Å². The first-order valence-electron chi connectivity index (χ1n) is 12.6. The van der Waals surface area contributed by atoms with Crippen LogP contribution in [0, 0.1) is 0 Å². The summed E-state index contributed by atoms with van der Waals surface area (Å²) in [5.41, 5.74) is 4.86. The molecule has 8 nitrogen and oxygen atoms in total. The summed E-state index contributed by atoms with van der Waals surface area (Å²) in [4.78, 5) is 39.7. The summed E-state index contributed by atoms with van der Waals surface area (Å²) >= 11 is 0. The van der Waals surface area contributed by atoms with Gasteiger partial charge in [-0.1, -0.05) is 18.2 Å². The van der Waals surface area contributed by atoms with E-state index in [0.29, 0.717) is 35.0 Å². The van der Waals surface area contributed by atoms with Gasteiger partial charge in [-0.2, -0.15) is 0 Å². The van der Waals surface area contributed by atoms with Gasteiger partial charge in [-0.15, -0.1) is 0 Å². The lowest BCUT2D eigenvalue weighted by molar-refractivity contribution is -0.0187. The number of piperazine rings is 1. The molecule has 0 saturated carbocycles. The number of para-hydroxylation sites is 1. The minimum absolute atomic E-state index is 0.0152. The monoisotopic (exact) mass is 488 g/mol. The van der Waals surface area contributed by atoms with Gasteiger partial charge in [-0.3, -0.25) is 14.7 Å². The fourth-order valence-corrected chi connectivity index (χ4v) is 5.02. The predicted octanol–water partition coefficient (Wildman–Crippen LogP) is 4.13. The number of pyridine rings is 1. The molecule has 0 aliphatic carbocycles. The molecule has 1 aromatic heterocycles. The number of fused-ring (bicyclic) bond motifs is 1. The molecule has 0 spiro atoms. The zero-order valence-corrected chi connectivity index (χ0v) is 20.6. The summed E-state index contributed by atoms with van der Waals surface area (Å²) in [7, 11) is 0. The van der Waals surface area contributed by atoms with Crippen molar-refractivity contribution in [1.29, 1.82) is 0 Å². The summed E-state index contributed by atoms with van der Waals surface area (Å²) < 4.78 is 5.89. The number of carbonyl (C=O) groups excluding carboxylic acids is 2. The average molecular weight is 489 g/mol. The highest BCUT2D eigenvalue weighted by Crippen LogP contribution is 2.20. The van der Waals surface area contributed by atoms with Crippen molar-refractivity contribution in [2.45, 2.75) is 38.3 Å². The van der Waals surface area contributed by atoms with Gasteiger partial charge in [-0.25, -0.2) is 10.3 Å². The van der Waals surface area contributed by atoms with E-state index >= 15 is 0 Å². The van der Waals surface area contributed by atoms with Gasteiger partial charge < -0.3 is 14.5 Å². The van der Waals surface area contributed by atoms with Gasteiger partial charge in [0.05, 0.1) is 22.9 Å². The molecule has 2 saturated heterocycles. The first kappa shape index (κ1) is 24.2. The van der Waals surface area contributed by atoms with Gasteiger partial charge in [-0.05, 0) is 62.6 Å². The van der Waals surface area contributed by atoms with Crippen molar-refractivity contribution in [2.75, 3.05) is 38.3 Å². The molecule has 0 radical (unpaired) electrons. The van der Waals surface area contributed by atoms with Crippen molar-refractivity contribution >= 4 is 28.5 Å². The molecule has 1 N–H and O–H groups in total. The number of amides is 1. The Morgan fingerprint density at radius 1 is 1.08 bits per heavy atom. The van der Waals surface area contributed by atoms with E-state index in [-0.39, 0.29) is 11.9 Å². The van der Waals surface area contributed by atoms with Crippen LogP contribution in [0.4, 0.5) is 5.69 Å². The molecule has 2 atom stereocenters. The van der Waals surface area contributed by atoms with E-state index in [9.17, 15) is 9.59 Å². The zero-order valence-electron chi connectivity index (χ0n) is 20.6. The fourth-order valence-electron chi connectivity index (χ4n) is 5.02. The van der Waals surface area contributed by atoms with Crippen molar-refractivity contribution in [2.24, 2.45) is 0 Å². The largest absolute Gasteiger partial charge is 0.377 e. The minimum atomic E-state index is -0.523. The maximum Gasteiger partial charge on any atom is 0.365 e. The Balaban J connectivity index is 1.15. The molecule has 2 aromatic carbocycles. The molecular formula is C28H32N4O4. The first-order chi connectivity index (χ1) is 17.6. The van der Waals surface area contributed by atoms with Crippen LogP contribution in [0.3, 0.4) is 0 Å². The highest BCUT2D eigenvalue weighted by Gasteiger charge is 2.29. The molecule has 8 heteroatoms. The Morgan fingerprint density at radius 2 is 1.92 bits per heavy atom. The molecule has 0 bridgehead atoms. The number of aromatic nitrogens is 1. The topological polar surface area (TPSA) is 84.0 Å². The van der Waals surface area contributed by atoms with Crippen LogP contribution in [0.15, 0.2) is 60.8 Å². The van der Waals surface area contributed by atoms with Crippen LogP contribution >= 0.6 is 0 Å². The Bertz CT molecular complexity index is 1200. The lowest BCUT2D eigenvalue weighted by atomic mass is 10.1.